The number of pyridine rings is 2. The first-order valence-corrected chi connectivity index (χ1v) is 11.4. The van der Waals surface area contributed by atoms with Gasteiger partial charge in [-0.05, 0) is 43.2 Å². The summed E-state index contributed by atoms with van der Waals surface area (Å²) < 4.78 is 12.4. The maximum absolute atomic E-state index is 13.4. The maximum Gasteiger partial charge on any atom is 0.338 e. The van der Waals surface area contributed by atoms with Crippen molar-refractivity contribution in [1.82, 2.24) is 14.5 Å². The molecule has 1 unspecified atom stereocenters. The molecular formula is C24H22N4O5S. The molecule has 174 valence electrons. The van der Waals surface area contributed by atoms with Crippen molar-refractivity contribution in [2.24, 2.45) is 5.73 Å². The van der Waals surface area contributed by atoms with Crippen LogP contribution in [0.5, 0.6) is 0 Å². The summed E-state index contributed by atoms with van der Waals surface area (Å²) in [5, 5.41) is 0. The SMILES string of the molecule is CCOC(=O)C1=C(N)n2c(s/c(=C/c3cccnc3)c2=O)=C(C(=O)OCC)C1c1cccnc1. The van der Waals surface area contributed by atoms with Crippen LogP contribution in [-0.4, -0.2) is 39.7 Å². The summed E-state index contributed by atoms with van der Waals surface area (Å²) in [6.07, 6.45) is 8.02. The number of ether oxygens (including phenoxy) is 2. The van der Waals surface area contributed by atoms with Gasteiger partial charge in [0.2, 0.25) is 0 Å². The van der Waals surface area contributed by atoms with Gasteiger partial charge in [0.25, 0.3) is 5.56 Å². The van der Waals surface area contributed by atoms with E-state index in [2.05, 4.69) is 9.97 Å². The highest BCUT2D eigenvalue weighted by atomic mass is 32.1. The van der Waals surface area contributed by atoms with Crippen LogP contribution < -0.4 is 20.5 Å². The first kappa shape index (κ1) is 23.1. The molecule has 34 heavy (non-hydrogen) atoms. The van der Waals surface area contributed by atoms with E-state index in [1.807, 2.05) is 0 Å². The van der Waals surface area contributed by atoms with Gasteiger partial charge in [0, 0.05) is 24.8 Å². The lowest BCUT2D eigenvalue weighted by atomic mass is 9.84. The van der Waals surface area contributed by atoms with Crippen molar-refractivity contribution in [1.29, 1.82) is 0 Å². The molecule has 0 bridgehead atoms. The lowest BCUT2D eigenvalue weighted by Crippen LogP contribution is -2.42. The average molecular weight is 479 g/mol. The molecule has 4 heterocycles. The van der Waals surface area contributed by atoms with E-state index in [4.69, 9.17) is 15.2 Å². The van der Waals surface area contributed by atoms with Crippen LogP contribution in [0.4, 0.5) is 0 Å². The molecule has 1 aliphatic rings. The van der Waals surface area contributed by atoms with Gasteiger partial charge in [-0.25, -0.2) is 9.59 Å². The molecule has 10 heteroatoms. The lowest BCUT2D eigenvalue weighted by Gasteiger charge is -2.26. The number of fused-ring (bicyclic) bond motifs is 1. The molecule has 3 aromatic heterocycles. The van der Waals surface area contributed by atoms with E-state index >= 15 is 0 Å². The third kappa shape index (κ3) is 4.15. The number of rotatable bonds is 6. The Morgan fingerprint density at radius 2 is 1.71 bits per heavy atom. The van der Waals surface area contributed by atoms with Crippen molar-refractivity contribution in [2.45, 2.75) is 19.8 Å². The number of aromatic nitrogens is 3. The Morgan fingerprint density at radius 1 is 1.06 bits per heavy atom. The average Bonchev–Trinajstić information content (AvgIpc) is 3.16. The molecule has 0 spiro atoms. The molecule has 0 amide bonds. The minimum absolute atomic E-state index is 0.0155. The zero-order chi connectivity index (χ0) is 24.2. The number of nitrogens with two attached hydrogens (primary N) is 1. The molecule has 0 saturated heterocycles. The molecule has 0 aromatic carbocycles. The Morgan fingerprint density at radius 3 is 2.29 bits per heavy atom. The molecule has 0 aliphatic carbocycles. The van der Waals surface area contributed by atoms with Crippen LogP contribution in [0.25, 0.3) is 17.5 Å². The molecule has 1 aliphatic heterocycles. The van der Waals surface area contributed by atoms with Gasteiger partial charge in [0.15, 0.2) is 0 Å². The molecule has 3 aromatic rings. The van der Waals surface area contributed by atoms with Crippen molar-refractivity contribution in [3.63, 3.8) is 0 Å². The van der Waals surface area contributed by atoms with E-state index in [9.17, 15) is 14.4 Å². The highest BCUT2D eigenvalue weighted by molar-refractivity contribution is 7.07. The number of thiazole rings is 1. The lowest BCUT2D eigenvalue weighted by molar-refractivity contribution is -0.138. The molecule has 0 radical (unpaired) electrons. The minimum Gasteiger partial charge on any atom is -0.463 e. The number of hydrogen-bond acceptors (Lipinski definition) is 9. The Kier molecular flexibility index (Phi) is 6.69. The maximum atomic E-state index is 13.4. The first-order valence-electron chi connectivity index (χ1n) is 10.6. The van der Waals surface area contributed by atoms with Gasteiger partial charge in [-0.2, -0.15) is 0 Å². The van der Waals surface area contributed by atoms with Crippen LogP contribution in [-0.2, 0) is 19.1 Å². The van der Waals surface area contributed by atoms with E-state index in [0.717, 1.165) is 11.3 Å². The number of nitrogens with zero attached hydrogens (tertiary/aromatic N) is 3. The Labute approximate surface area is 198 Å². The topological polar surface area (TPSA) is 126 Å². The minimum atomic E-state index is -0.920. The van der Waals surface area contributed by atoms with Gasteiger partial charge in [0.05, 0.1) is 34.8 Å². The number of hydrogen-bond donors (Lipinski definition) is 1. The van der Waals surface area contributed by atoms with Gasteiger partial charge in [0.1, 0.15) is 10.5 Å². The Bertz CT molecular complexity index is 1440. The van der Waals surface area contributed by atoms with Crippen LogP contribution in [0.15, 0.2) is 59.4 Å². The van der Waals surface area contributed by atoms with Crippen molar-refractivity contribution >= 4 is 40.7 Å². The summed E-state index contributed by atoms with van der Waals surface area (Å²) in [6.45, 7) is 3.55. The molecular weight excluding hydrogens is 456 g/mol. The van der Waals surface area contributed by atoms with E-state index in [0.29, 0.717) is 15.7 Å². The Balaban J connectivity index is 2.11. The largest absolute Gasteiger partial charge is 0.463 e. The second kappa shape index (κ2) is 9.84. The standard InChI is InChI=1S/C24H22N4O5S/c1-3-32-23(30)18-17(15-8-6-10-27-13-15)19(24(31)33-4-2)22-28(20(18)25)21(29)16(34-22)11-14-7-5-9-26-12-14/h5-13,17H,3-4,25H2,1-2H3/b16-11+. The molecule has 0 saturated carbocycles. The summed E-state index contributed by atoms with van der Waals surface area (Å²) in [4.78, 5) is 47.9. The highest BCUT2D eigenvalue weighted by Crippen LogP contribution is 2.37. The fourth-order valence-corrected chi connectivity index (χ4v) is 4.92. The van der Waals surface area contributed by atoms with Crippen molar-refractivity contribution in [3.8, 4) is 0 Å². The Hall–Kier alpha value is -4.05. The summed E-state index contributed by atoms with van der Waals surface area (Å²) in [7, 11) is 0. The summed E-state index contributed by atoms with van der Waals surface area (Å²) >= 11 is 1.09. The van der Waals surface area contributed by atoms with E-state index < -0.39 is 23.4 Å². The second-order valence-corrected chi connectivity index (χ2v) is 8.25. The quantitative estimate of drug-likeness (QED) is 0.514. The van der Waals surface area contributed by atoms with Crippen molar-refractivity contribution in [3.05, 3.63) is 85.3 Å². The van der Waals surface area contributed by atoms with E-state index in [1.165, 1.54) is 4.57 Å². The van der Waals surface area contributed by atoms with Crippen LogP contribution in [0.3, 0.4) is 0 Å². The summed E-state index contributed by atoms with van der Waals surface area (Å²) in [6, 6.07) is 6.97. The predicted octanol–water partition coefficient (Wildman–Crippen LogP) is 0.730. The van der Waals surface area contributed by atoms with Gasteiger partial charge in [-0.15, -0.1) is 11.3 Å². The van der Waals surface area contributed by atoms with Gasteiger partial charge in [-0.1, -0.05) is 12.1 Å². The third-order valence-corrected chi connectivity index (χ3v) is 6.25. The van der Waals surface area contributed by atoms with Crippen LogP contribution in [0.2, 0.25) is 0 Å². The van der Waals surface area contributed by atoms with Crippen LogP contribution >= 0.6 is 11.3 Å². The molecule has 2 N–H and O–H groups in total. The van der Waals surface area contributed by atoms with Crippen molar-refractivity contribution < 1.29 is 19.1 Å². The second-order valence-electron chi connectivity index (χ2n) is 7.22. The summed E-state index contributed by atoms with van der Waals surface area (Å²) in [5.41, 5.74) is 7.32. The predicted molar refractivity (Wildman–Crippen MR) is 127 cm³/mol. The van der Waals surface area contributed by atoms with Crippen LogP contribution in [0.1, 0.15) is 30.9 Å². The zero-order valence-electron chi connectivity index (χ0n) is 18.6. The van der Waals surface area contributed by atoms with Gasteiger partial charge >= 0.3 is 11.9 Å². The number of carbonyl (C=O) groups excluding carboxylic acids is 2. The molecule has 9 nitrogen and oxygen atoms in total. The molecule has 0 fully saturated rings. The normalized spacial score (nSPS) is 15.8. The fraction of sp³-hybridized carbons (Fsp3) is 0.208. The van der Waals surface area contributed by atoms with Gasteiger partial charge < -0.3 is 15.2 Å². The van der Waals surface area contributed by atoms with Gasteiger partial charge in [-0.3, -0.25) is 19.3 Å². The fourth-order valence-electron chi connectivity index (χ4n) is 3.76. The first-order chi connectivity index (χ1) is 16.5. The van der Waals surface area contributed by atoms with E-state index in [-0.39, 0.29) is 34.8 Å². The smallest absolute Gasteiger partial charge is 0.338 e. The number of carbonyl (C=O) groups is 2. The highest BCUT2D eigenvalue weighted by Gasteiger charge is 2.40. The zero-order valence-corrected chi connectivity index (χ0v) is 19.4. The van der Waals surface area contributed by atoms with Crippen molar-refractivity contribution in [2.75, 3.05) is 13.2 Å². The third-order valence-electron chi connectivity index (χ3n) is 5.14. The monoisotopic (exact) mass is 478 g/mol. The molecule has 4 rings (SSSR count). The molecule has 1 atom stereocenters. The van der Waals surface area contributed by atoms with Crippen LogP contribution in [0, 0.1) is 0 Å². The van der Waals surface area contributed by atoms with E-state index in [1.54, 1.807) is 69.0 Å². The summed E-state index contributed by atoms with van der Waals surface area (Å²) in [5.74, 6) is -2.40. The number of esters is 2.